The van der Waals surface area contributed by atoms with E-state index in [1.165, 1.54) is 6.07 Å². The highest BCUT2D eigenvalue weighted by atomic mass is 16.3. The van der Waals surface area contributed by atoms with Crippen molar-refractivity contribution in [3.8, 4) is 17.3 Å². The highest BCUT2D eigenvalue weighted by Gasteiger charge is 2.10. The third-order valence-corrected chi connectivity index (χ3v) is 2.29. The number of aromatic hydroxyl groups is 1. The minimum atomic E-state index is 0.0319. The van der Waals surface area contributed by atoms with Gasteiger partial charge in [0, 0.05) is 6.07 Å². The fourth-order valence-electron chi connectivity index (χ4n) is 1.39. The van der Waals surface area contributed by atoms with Gasteiger partial charge < -0.3 is 5.11 Å². The smallest absolute Gasteiger partial charge is 0.207 e. The number of hydrogen-bond donors (Lipinski definition) is 2. The molecule has 2 heterocycles. The Kier molecular flexibility index (Phi) is 2.15. The Morgan fingerprint density at radius 2 is 1.73 bits per heavy atom. The Morgan fingerprint density at radius 3 is 2.33 bits per heavy atom. The van der Waals surface area contributed by atoms with Crippen LogP contribution in [0.25, 0.3) is 11.4 Å². The Morgan fingerprint density at radius 1 is 1.07 bits per heavy atom. The highest BCUT2D eigenvalue weighted by Crippen LogP contribution is 2.21. The van der Waals surface area contributed by atoms with Gasteiger partial charge >= 0.3 is 0 Å². The molecule has 0 unspecified atom stereocenters. The van der Waals surface area contributed by atoms with Crippen LogP contribution in [0, 0.1) is 20.8 Å². The van der Waals surface area contributed by atoms with Crippen LogP contribution in [0.2, 0.25) is 0 Å². The summed E-state index contributed by atoms with van der Waals surface area (Å²) in [5, 5.41) is 15.6. The van der Waals surface area contributed by atoms with Gasteiger partial charge in [0.05, 0.1) is 17.1 Å². The summed E-state index contributed by atoms with van der Waals surface area (Å²) in [4.78, 5) is 8.76. The molecule has 0 atom stereocenters. The molecule has 15 heavy (non-hydrogen) atoms. The zero-order chi connectivity index (χ0) is 11.0. The quantitative estimate of drug-likeness (QED) is 0.738. The SMILES string of the molecule is Cc1nc(C)c(-c2cc(O)[nH]n2)nc1C. The number of hydrogen-bond acceptors (Lipinski definition) is 4. The summed E-state index contributed by atoms with van der Waals surface area (Å²) in [5.74, 6) is 0.0319. The van der Waals surface area contributed by atoms with E-state index in [-0.39, 0.29) is 5.88 Å². The first-order valence-corrected chi connectivity index (χ1v) is 4.64. The van der Waals surface area contributed by atoms with E-state index in [0.717, 1.165) is 17.1 Å². The molecule has 0 spiro atoms. The number of aromatic amines is 1. The van der Waals surface area contributed by atoms with Crippen molar-refractivity contribution in [2.24, 2.45) is 0 Å². The van der Waals surface area contributed by atoms with Crippen LogP contribution in [0.3, 0.4) is 0 Å². The van der Waals surface area contributed by atoms with Gasteiger partial charge in [-0.2, -0.15) is 5.10 Å². The molecule has 5 heteroatoms. The van der Waals surface area contributed by atoms with Crippen LogP contribution < -0.4 is 0 Å². The van der Waals surface area contributed by atoms with Crippen molar-refractivity contribution in [2.75, 3.05) is 0 Å². The summed E-state index contributed by atoms with van der Waals surface area (Å²) < 4.78 is 0. The molecule has 2 aromatic rings. The first-order chi connectivity index (χ1) is 7.08. The van der Waals surface area contributed by atoms with Gasteiger partial charge in [-0.1, -0.05) is 0 Å². The van der Waals surface area contributed by atoms with Crippen molar-refractivity contribution in [1.82, 2.24) is 20.2 Å². The molecule has 0 saturated carbocycles. The van der Waals surface area contributed by atoms with Crippen LogP contribution >= 0.6 is 0 Å². The molecular formula is C10H12N4O. The van der Waals surface area contributed by atoms with E-state index in [2.05, 4.69) is 20.2 Å². The fourth-order valence-corrected chi connectivity index (χ4v) is 1.39. The summed E-state index contributed by atoms with van der Waals surface area (Å²) in [7, 11) is 0. The van der Waals surface area contributed by atoms with Gasteiger partial charge in [0.2, 0.25) is 5.88 Å². The molecule has 78 valence electrons. The first kappa shape index (κ1) is 9.64. The van der Waals surface area contributed by atoms with Gasteiger partial charge in [-0.15, -0.1) is 0 Å². The minimum Gasteiger partial charge on any atom is -0.494 e. The Balaban J connectivity index is 2.58. The number of nitrogens with zero attached hydrogens (tertiary/aromatic N) is 3. The Bertz CT molecular complexity index is 504. The van der Waals surface area contributed by atoms with Crippen molar-refractivity contribution in [3.05, 3.63) is 23.1 Å². The lowest BCUT2D eigenvalue weighted by Crippen LogP contribution is -1.99. The Hall–Kier alpha value is -1.91. The van der Waals surface area contributed by atoms with Crippen LogP contribution in [0.15, 0.2) is 6.07 Å². The number of aryl methyl sites for hydroxylation is 3. The van der Waals surface area contributed by atoms with Crippen molar-refractivity contribution >= 4 is 0 Å². The maximum absolute atomic E-state index is 9.16. The molecule has 0 aromatic carbocycles. The molecule has 0 saturated heterocycles. The summed E-state index contributed by atoms with van der Waals surface area (Å²) in [6, 6.07) is 1.53. The van der Waals surface area contributed by atoms with E-state index >= 15 is 0 Å². The summed E-state index contributed by atoms with van der Waals surface area (Å²) in [5.41, 5.74) is 3.91. The van der Waals surface area contributed by atoms with E-state index < -0.39 is 0 Å². The molecule has 2 rings (SSSR count). The van der Waals surface area contributed by atoms with E-state index in [1.807, 2.05) is 20.8 Å². The van der Waals surface area contributed by atoms with Crippen LogP contribution in [-0.2, 0) is 0 Å². The van der Waals surface area contributed by atoms with Gasteiger partial charge in [-0.25, -0.2) is 10.1 Å². The fraction of sp³-hybridized carbons (Fsp3) is 0.300. The molecular weight excluding hydrogens is 192 g/mol. The number of H-pyrrole nitrogens is 1. The molecule has 0 fully saturated rings. The molecule has 5 nitrogen and oxygen atoms in total. The second-order valence-electron chi connectivity index (χ2n) is 3.47. The van der Waals surface area contributed by atoms with E-state index in [9.17, 15) is 0 Å². The van der Waals surface area contributed by atoms with E-state index in [4.69, 9.17) is 5.11 Å². The molecule has 2 N–H and O–H groups in total. The van der Waals surface area contributed by atoms with Crippen molar-refractivity contribution < 1.29 is 5.11 Å². The molecule has 0 aliphatic carbocycles. The maximum Gasteiger partial charge on any atom is 0.207 e. The van der Waals surface area contributed by atoms with Gasteiger partial charge in [-0.3, -0.25) is 4.98 Å². The van der Waals surface area contributed by atoms with Gasteiger partial charge in [0.15, 0.2) is 0 Å². The topological polar surface area (TPSA) is 74.7 Å². The molecule has 0 bridgehead atoms. The average molecular weight is 204 g/mol. The average Bonchev–Trinajstić information content (AvgIpc) is 2.58. The van der Waals surface area contributed by atoms with Gasteiger partial charge in [0.1, 0.15) is 11.4 Å². The molecule has 2 aromatic heterocycles. The van der Waals surface area contributed by atoms with Crippen molar-refractivity contribution in [3.63, 3.8) is 0 Å². The van der Waals surface area contributed by atoms with Crippen LogP contribution in [0.4, 0.5) is 0 Å². The normalized spacial score (nSPS) is 10.6. The molecule has 0 radical (unpaired) electrons. The maximum atomic E-state index is 9.16. The summed E-state index contributed by atoms with van der Waals surface area (Å²) in [6.07, 6.45) is 0. The lowest BCUT2D eigenvalue weighted by atomic mass is 10.2. The number of nitrogens with one attached hydrogen (secondary N) is 1. The zero-order valence-corrected chi connectivity index (χ0v) is 8.87. The minimum absolute atomic E-state index is 0.0319. The van der Waals surface area contributed by atoms with Gasteiger partial charge in [0.25, 0.3) is 0 Å². The van der Waals surface area contributed by atoms with E-state index in [1.54, 1.807) is 0 Å². The summed E-state index contributed by atoms with van der Waals surface area (Å²) >= 11 is 0. The molecule has 0 aliphatic rings. The number of rotatable bonds is 1. The first-order valence-electron chi connectivity index (χ1n) is 4.64. The lowest BCUT2D eigenvalue weighted by Gasteiger charge is -2.04. The largest absolute Gasteiger partial charge is 0.494 e. The van der Waals surface area contributed by atoms with Crippen molar-refractivity contribution in [1.29, 1.82) is 0 Å². The van der Waals surface area contributed by atoms with E-state index in [0.29, 0.717) is 11.4 Å². The predicted octanol–water partition coefficient (Wildman–Crippen LogP) is 1.50. The standard InChI is InChI=1S/C10H12N4O/c1-5-6(2)12-10(7(3)11-5)8-4-9(15)14-13-8/h4H,1-3H3,(H2,13,14,15). The van der Waals surface area contributed by atoms with Crippen LogP contribution in [-0.4, -0.2) is 25.3 Å². The van der Waals surface area contributed by atoms with Crippen LogP contribution in [0.5, 0.6) is 5.88 Å². The summed E-state index contributed by atoms with van der Waals surface area (Å²) in [6.45, 7) is 5.69. The second kappa shape index (κ2) is 3.34. The zero-order valence-electron chi connectivity index (χ0n) is 8.87. The lowest BCUT2D eigenvalue weighted by molar-refractivity contribution is 0.452. The molecule has 0 amide bonds. The third kappa shape index (κ3) is 1.68. The van der Waals surface area contributed by atoms with Crippen molar-refractivity contribution in [2.45, 2.75) is 20.8 Å². The molecule has 0 aliphatic heterocycles. The van der Waals surface area contributed by atoms with Gasteiger partial charge in [-0.05, 0) is 20.8 Å². The van der Waals surface area contributed by atoms with Crippen LogP contribution in [0.1, 0.15) is 17.1 Å². The Labute approximate surface area is 87.2 Å². The number of aromatic nitrogens is 4. The predicted molar refractivity (Wildman–Crippen MR) is 55.5 cm³/mol. The monoisotopic (exact) mass is 204 g/mol. The highest BCUT2D eigenvalue weighted by molar-refractivity contribution is 5.58. The third-order valence-electron chi connectivity index (χ3n) is 2.29. The second-order valence-corrected chi connectivity index (χ2v) is 3.47.